The zero-order chi connectivity index (χ0) is 6.50. The Hall–Kier alpha value is 1.16. The van der Waals surface area contributed by atoms with Crippen LogP contribution in [0.25, 0.3) is 0 Å². The van der Waals surface area contributed by atoms with E-state index in [1.807, 2.05) is 0 Å². The van der Waals surface area contributed by atoms with Gasteiger partial charge in [0.2, 0.25) is 0 Å². The Bertz CT molecular complexity index is 66.2. The monoisotopic (exact) mass is 242 g/mol. The Labute approximate surface area is 68.4 Å². The van der Waals surface area contributed by atoms with Crippen molar-refractivity contribution in [2.24, 2.45) is 0 Å². The SMILES string of the molecule is O=P(O)(O)O.[O]=[Zn].[Zn]. The summed E-state index contributed by atoms with van der Waals surface area (Å²) in [5, 5.41) is 0. The van der Waals surface area contributed by atoms with Gasteiger partial charge >= 0.3 is 29.6 Å². The summed E-state index contributed by atoms with van der Waals surface area (Å²) in [6.45, 7) is 0. The summed E-state index contributed by atoms with van der Waals surface area (Å²) in [6, 6.07) is 0. The molecule has 8 heavy (non-hydrogen) atoms. The Morgan fingerprint density at radius 3 is 1.12 bits per heavy atom. The van der Waals surface area contributed by atoms with Gasteiger partial charge in [0.05, 0.1) is 0 Å². The first-order valence-corrected chi connectivity index (χ1v) is 3.85. The quantitative estimate of drug-likeness (QED) is 0.373. The number of hydrogen-bond acceptors (Lipinski definition) is 2. The molecular formula is H3O5PZn2. The van der Waals surface area contributed by atoms with Crippen molar-refractivity contribution in [2.75, 3.05) is 0 Å². The van der Waals surface area contributed by atoms with Gasteiger partial charge in [0.15, 0.2) is 0 Å². The second-order valence-electron chi connectivity index (χ2n) is 0.513. The molecule has 0 saturated heterocycles. The molecule has 0 amide bonds. The maximum Gasteiger partial charge on any atom is 0 e. The number of rotatable bonds is 0. The minimum atomic E-state index is -4.64. The Morgan fingerprint density at radius 2 is 1.12 bits per heavy atom. The molecule has 0 rings (SSSR count). The summed E-state index contributed by atoms with van der Waals surface area (Å²) in [6.07, 6.45) is 0. The smallest absolute Gasteiger partial charge is 0 e. The molecule has 0 atom stereocenters. The first-order valence-electron chi connectivity index (χ1n) is 1.07. The van der Waals surface area contributed by atoms with Crippen LogP contribution in [0.1, 0.15) is 0 Å². The fourth-order valence-corrected chi connectivity index (χ4v) is 0. The van der Waals surface area contributed by atoms with Gasteiger partial charge in [-0.2, -0.15) is 0 Å². The van der Waals surface area contributed by atoms with Crippen LogP contribution in [0.3, 0.4) is 0 Å². The van der Waals surface area contributed by atoms with Crippen molar-refractivity contribution in [3.63, 3.8) is 0 Å². The molecule has 0 aliphatic rings. The van der Waals surface area contributed by atoms with Crippen molar-refractivity contribution in [1.82, 2.24) is 0 Å². The van der Waals surface area contributed by atoms with E-state index >= 15 is 0 Å². The average Bonchev–Trinajstić information content (AvgIpc) is 1.36. The van der Waals surface area contributed by atoms with Gasteiger partial charge in [0.25, 0.3) is 0 Å². The molecule has 0 fully saturated rings. The molecule has 0 saturated carbocycles. The van der Waals surface area contributed by atoms with E-state index in [9.17, 15) is 0 Å². The number of hydrogen-bond donors (Lipinski definition) is 3. The Kier molecular flexibility index (Phi) is 16.4. The van der Waals surface area contributed by atoms with Gasteiger partial charge in [-0.15, -0.1) is 0 Å². The standard InChI is InChI=1S/H3O4P.O.2Zn/c1-5(2,3)4;;;/h(H3,1,2,3,4);;;. The zero-order valence-corrected chi connectivity index (χ0v) is 10.8. The van der Waals surface area contributed by atoms with Crippen molar-refractivity contribution in [1.29, 1.82) is 0 Å². The molecule has 3 N–H and O–H groups in total. The molecule has 42 valence electrons. The topological polar surface area (TPSA) is 94.8 Å². The Balaban J connectivity index is -0.0000000750. The van der Waals surface area contributed by atoms with Crippen LogP contribution in [0, 0.1) is 0 Å². The van der Waals surface area contributed by atoms with Crippen LogP contribution in [-0.2, 0) is 45.9 Å². The van der Waals surface area contributed by atoms with E-state index in [0.717, 1.165) is 0 Å². The molecule has 0 aromatic rings. The van der Waals surface area contributed by atoms with Gasteiger partial charge in [0.1, 0.15) is 0 Å². The normalized spacial score (nSPS) is 8.12. The summed E-state index contributed by atoms with van der Waals surface area (Å²) in [5.74, 6) is 0. The van der Waals surface area contributed by atoms with Crippen LogP contribution in [-0.4, -0.2) is 14.7 Å². The van der Waals surface area contributed by atoms with Crippen LogP contribution in [0.15, 0.2) is 0 Å². The molecular weight excluding hydrogens is 242 g/mol. The summed E-state index contributed by atoms with van der Waals surface area (Å²) < 4.78 is 17.3. The van der Waals surface area contributed by atoms with Crippen molar-refractivity contribution in [3.05, 3.63) is 0 Å². The number of phosphoric acid groups is 1. The molecule has 8 heteroatoms. The van der Waals surface area contributed by atoms with Gasteiger partial charge in [-0.1, -0.05) is 0 Å². The predicted molar refractivity (Wildman–Crippen MR) is 14.9 cm³/mol. The fourth-order valence-electron chi connectivity index (χ4n) is 0. The van der Waals surface area contributed by atoms with Gasteiger partial charge in [-0.05, 0) is 0 Å². The molecule has 0 aromatic carbocycles. The second kappa shape index (κ2) is 8.16. The van der Waals surface area contributed by atoms with Crippen LogP contribution >= 0.6 is 7.82 Å². The molecule has 0 unspecified atom stereocenters. The van der Waals surface area contributed by atoms with Crippen LogP contribution in [0.5, 0.6) is 0 Å². The molecule has 0 aromatic heterocycles. The third-order valence-corrected chi connectivity index (χ3v) is 0. The molecule has 0 bridgehead atoms. The molecule has 0 aliphatic carbocycles. The molecule has 0 aliphatic heterocycles. The first-order chi connectivity index (χ1) is 3.00. The average molecular weight is 245 g/mol. The maximum atomic E-state index is 8.88. The molecule has 0 radical (unpaired) electrons. The van der Waals surface area contributed by atoms with E-state index in [1.54, 1.807) is 0 Å². The minimum Gasteiger partial charge on any atom is 0 e. The molecule has 0 heterocycles. The van der Waals surface area contributed by atoms with Crippen molar-refractivity contribution in [3.8, 4) is 0 Å². The van der Waals surface area contributed by atoms with E-state index in [1.165, 1.54) is 0 Å². The van der Waals surface area contributed by atoms with E-state index < -0.39 is 7.82 Å². The zero-order valence-electron chi connectivity index (χ0n) is 4.02. The predicted octanol–water partition coefficient (Wildman–Crippen LogP) is -1.05. The summed E-state index contributed by atoms with van der Waals surface area (Å²) in [5.41, 5.74) is 0. The van der Waals surface area contributed by atoms with Crippen LogP contribution in [0.4, 0.5) is 0 Å². The summed E-state index contributed by atoms with van der Waals surface area (Å²) in [4.78, 5) is 21.6. The van der Waals surface area contributed by atoms with Gasteiger partial charge in [-0.3, -0.25) is 0 Å². The van der Waals surface area contributed by atoms with Crippen molar-refractivity contribution < 1.29 is 60.5 Å². The van der Waals surface area contributed by atoms with E-state index in [2.05, 4.69) is 0 Å². The van der Waals surface area contributed by atoms with Crippen LogP contribution < -0.4 is 0 Å². The van der Waals surface area contributed by atoms with Crippen molar-refractivity contribution >= 4 is 7.82 Å². The van der Waals surface area contributed by atoms with Crippen molar-refractivity contribution in [2.45, 2.75) is 0 Å². The van der Waals surface area contributed by atoms with E-state index in [0.29, 0.717) is 0 Å². The third kappa shape index (κ3) is 203. The Morgan fingerprint density at radius 1 is 1.12 bits per heavy atom. The molecule has 5 nitrogen and oxygen atoms in total. The minimum absolute atomic E-state index is 0. The summed E-state index contributed by atoms with van der Waals surface area (Å²) in [7, 11) is -4.64. The fraction of sp³-hybridized carbons (Fsp3) is 0. The van der Waals surface area contributed by atoms with Gasteiger partial charge in [0, 0.05) is 19.5 Å². The first kappa shape index (κ1) is 16.1. The second-order valence-corrected chi connectivity index (χ2v) is 1.54. The van der Waals surface area contributed by atoms with Crippen LogP contribution in [0.2, 0.25) is 0 Å². The van der Waals surface area contributed by atoms with Gasteiger partial charge in [-0.25, -0.2) is 4.57 Å². The largest absolute Gasteiger partial charge is 0 e. The van der Waals surface area contributed by atoms with Gasteiger partial charge < -0.3 is 14.7 Å². The molecule has 0 spiro atoms. The third-order valence-electron chi connectivity index (χ3n) is 0. The maximum absolute atomic E-state index is 8.88. The van der Waals surface area contributed by atoms with E-state index in [4.69, 9.17) is 22.8 Å². The van der Waals surface area contributed by atoms with E-state index in [-0.39, 0.29) is 37.7 Å². The summed E-state index contributed by atoms with van der Waals surface area (Å²) >= 11 is 0.125.